The van der Waals surface area contributed by atoms with Gasteiger partial charge < -0.3 is 10.2 Å². The Hall–Kier alpha value is -2.24. The van der Waals surface area contributed by atoms with Crippen LogP contribution in [-0.2, 0) is 0 Å². The van der Waals surface area contributed by atoms with E-state index in [9.17, 15) is 9.59 Å². The molecule has 2 aromatic rings. The molecule has 0 bridgehead atoms. The molecule has 0 aliphatic carbocycles. The number of piperazine rings is 1. The monoisotopic (exact) mass is 379 g/mol. The first-order chi connectivity index (χ1) is 13.2. The fourth-order valence-electron chi connectivity index (χ4n) is 4.46. The van der Waals surface area contributed by atoms with Gasteiger partial charge in [-0.25, -0.2) is 0 Å². The lowest BCUT2D eigenvalue weighted by Crippen LogP contribution is -2.63. The Balaban J connectivity index is 1.73. The fraction of sp³-hybridized carbons (Fsp3) is 0.478. The van der Waals surface area contributed by atoms with Gasteiger partial charge in [0.25, 0.3) is 11.8 Å². The molecule has 0 saturated carbocycles. The topological polar surface area (TPSA) is 52.6 Å². The summed E-state index contributed by atoms with van der Waals surface area (Å²) in [5.74, 6) is -0.375. The second-order valence-electron chi connectivity index (χ2n) is 9.12. The highest BCUT2D eigenvalue weighted by Crippen LogP contribution is 2.41. The van der Waals surface area contributed by atoms with Crippen molar-refractivity contribution >= 4 is 22.6 Å². The highest BCUT2D eigenvalue weighted by Gasteiger charge is 2.49. The van der Waals surface area contributed by atoms with Crippen molar-refractivity contribution in [2.45, 2.75) is 33.2 Å². The molecule has 4 rings (SSSR count). The van der Waals surface area contributed by atoms with Crippen molar-refractivity contribution in [3.05, 3.63) is 47.5 Å². The Bertz CT molecular complexity index is 891. The minimum absolute atomic E-state index is 0.187. The molecule has 28 heavy (non-hydrogen) atoms. The summed E-state index contributed by atoms with van der Waals surface area (Å²) in [5.41, 5.74) is 0.343. The smallest absolute Gasteiger partial charge is 0.261 e. The summed E-state index contributed by atoms with van der Waals surface area (Å²) >= 11 is 0. The Morgan fingerprint density at radius 1 is 0.893 bits per heavy atom. The summed E-state index contributed by atoms with van der Waals surface area (Å²) in [5, 5.41) is 5.10. The Labute approximate surface area is 166 Å². The summed E-state index contributed by atoms with van der Waals surface area (Å²) in [6.45, 7) is 13.2. The number of benzene rings is 2. The molecule has 2 amide bonds. The average molecular weight is 380 g/mol. The van der Waals surface area contributed by atoms with Crippen LogP contribution in [0.15, 0.2) is 36.4 Å². The number of nitrogens with zero attached hydrogens (tertiary/aromatic N) is 2. The lowest BCUT2D eigenvalue weighted by Gasteiger charge is -2.51. The fourth-order valence-corrected chi connectivity index (χ4v) is 4.46. The molecule has 1 N–H and O–H groups in total. The number of hydrogen-bond donors (Lipinski definition) is 1. The second kappa shape index (κ2) is 6.68. The zero-order chi connectivity index (χ0) is 20.1. The number of rotatable bonds is 4. The van der Waals surface area contributed by atoms with Gasteiger partial charge in [-0.2, -0.15) is 0 Å². The molecule has 1 fully saturated rings. The predicted molar refractivity (Wildman–Crippen MR) is 112 cm³/mol. The normalized spacial score (nSPS) is 18.8. The first-order valence-corrected chi connectivity index (χ1v) is 10.1. The van der Waals surface area contributed by atoms with Crippen LogP contribution in [0.4, 0.5) is 0 Å². The summed E-state index contributed by atoms with van der Waals surface area (Å²) in [6, 6.07) is 11.4. The molecule has 148 valence electrons. The van der Waals surface area contributed by atoms with Crippen molar-refractivity contribution in [1.29, 1.82) is 0 Å². The quantitative estimate of drug-likeness (QED) is 0.829. The molecule has 0 unspecified atom stereocenters. The van der Waals surface area contributed by atoms with Crippen LogP contribution < -0.4 is 5.32 Å². The number of nitrogens with one attached hydrogen (secondary N) is 1. The highest BCUT2D eigenvalue weighted by atomic mass is 16.2. The van der Waals surface area contributed by atoms with Gasteiger partial charge in [0.1, 0.15) is 0 Å². The Morgan fingerprint density at radius 2 is 1.43 bits per heavy atom. The van der Waals surface area contributed by atoms with Crippen LogP contribution >= 0.6 is 0 Å². The van der Waals surface area contributed by atoms with Crippen molar-refractivity contribution in [2.24, 2.45) is 5.41 Å². The van der Waals surface area contributed by atoms with E-state index in [2.05, 4.69) is 24.1 Å². The lowest BCUT2D eigenvalue weighted by molar-refractivity contribution is -0.00100. The highest BCUT2D eigenvalue weighted by molar-refractivity contribution is 6.25. The minimum atomic E-state index is -0.637. The summed E-state index contributed by atoms with van der Waals surface area (Å²) in [4.78, 5) is 30.9. The van der Waals surface area contributed by atoms with Crippen molar-refractivity contribution in [2.75, 3.05) is 32.7 Å². The lowest BCUT2D eigenvalue weighted by atomic mass is 9.71. The van der Waals surface area contributed by atoms with Crippen LogP contribution in [0, 0.1) is 5.41 Å². The van der Waals surface area contributed by atoms with Gasteiger partial charge in [0.15, 0.2) is 0 Å². The zero-order valence-electron chi connectivity index (χ0n) is 17.2. The third kappa shape index (κ3) is 2.85. The average Bonchev–Trinajstić information content (AvgIpc) is 2.66. The van der Waals surface area contributed by atoms with E-state index in [1.807, 2.05) is 50.2 Å². The molecule has 5 nitrogen and oxygen atoms in total. The summed E-state index contributed by atoms with van der Waals surface area (Å²) < 4.78 is 0. The molecule has 2 aliphatic rings. The van der Waals surface area contributed by atoms with Crippen LogP contribution in [0.25, 0.3) is 10.8 Å². The third-order valence-electron chi connectivity index (χ3n) is 6.82. The van der Waals surface area contributed by atoms with Crippen LogP contribution in [0.1, 0.15) is 48.4 Å². The van der Waals surface area contributed by atoms with E-state index in [1.165, 1.54) is 4.90 Å². The van der Waals surface area contributed by atoms with Crippen molar-refractivity contribution in [3.63, 3.8) is 0 Å². The molecular weight excluding hydrogens is 350 g/mol. The molecule has 0 spiro atoms. The third-order valence-corrected chi connectivity index (χ3v) is 6.82. The number of hydrogen-bond acceptors (Lipinski definition) is 4. The van der Waals surface area contributed by atoms with Gasteiger partial charge in [-0.15, -0.1) is 0 Å². The van der Waals surface area contributed by atoms with E-state index in [1.54, 1.807) is 0 Å². The van der Waals surface area contributed by atoms with E-state index >= 15 is 0 Å². The van der Waals surface area contributed by atoms with Crippen molar-refractivity contribution in [3.8, 4) is 0 Å². The van der Waals surface area contributed by atoms with Gasteiger partial charge in [-0.3, -0.25) is 14.5 Å². The summed E-state index contributed by atoms with van der Waals surface area (Å²) in [6.07, 6.45) is 0. The Kier molecular flexibility index (Phi) is 4.55. The minimum Gasteiger partial charge on any atom is -0.314 e. The van der Waals surface area contributed by atoms with Gasteiger partial charge in [0.05, 0.1) is 5.54 Å². The molecule has 2 aromatic carbocycles. The SMILES string of the molecule is CC(C)(CN1CCNCC1)C(C)(C)N1C(=O)c2cccc3cccc(c23)C1=O. The number of imide groups is 1. The predicted octanol–water partition coefficient (Wildman–Crippen LogP) is 3.15. The zero-order valence-corrected chi connectivity index (χ0v) is 17.2. The molecule has 0 atom stereocenters. The van der Waals surface area contributed by atoms with Gasteiger partial charge in [-0.05, 0) is 31.4 Å². The van der Waals surface area contributed by atoms with E-state index in [0.717, 1.165) is 43.5 Å². The maximum atomic E-state index is 13.5. The van der Waals surface area contributed by atoms with E-state index < -0.39 is 5.54 Å². The molecule has 2 heterocycles. The molecule has 0 aromatic heterocycles. The molecule has 0 radical (unpaired) electrons. The van der Waals surface area contributed by atoms with Gasteiger partial charge >= 0.3 is 0 Å². The molecule has 1 saturated heterocycles. The van der Waals surface area contributed by atoms with Crippen molar-refractivity contribution < 1.29 is 9.59 Å². The summed E-state index contributed by atoms with van der Waals surface area (Å²) in [7, 11) is 0. The van der Waals surface area contributed by atoms with E-state index in [-0.39, 0.29) is 17.2 Å². The van der Waals surface area contributed by atoms with E-state index in [0.29, 0.717) is 11.1 Å². The second-order valence-corrected chi connectivity index (χ2v) is 9.12. The van der Waals surface area contributed by atoms with Crippen LogP contribution in [-0.4, -0.2) is 59.9 Å². The first kappa shape index (κ1) is 19.1. The van der Waals surface area contributed by atoms with E-state index in [4.69, 9.17) is 0 Å². The largest absolute Gasteiger partial charge is 0.314 e. The van der Waals surface area contributed by atoms with Gasteiger partial charge in [-0.1, -0.05) is 38.1 Å². The maximum absolute atomic E-state index is 13.5. The Morgan fingerprint density at radius 3 is 1.96 bits per heavy atom. The standard InChI is InChI=1S/C23H29N3O2/c1-22(2,15-25-13-11-24-12-14-25)23(3,4)26-20(27)17-9-5-7-16-8-6-10-18(19(16)17)21(26)28/h5-10,24H,11-15H2,1-4H3. The first-order valence-electron chi connectivity index (χ1n) is 10.1. The van der Waals surface area contributed by atoms with Crippen LogP contribution in [0.2, 0.25) is 0 Å². The van der Waals surface area contributed by atoms with Crippen molar-refractivity contribution in [1.82, 2.24) is 15.1 Å². The van der Waals surface area contributed by atoms with Crippen LogP contribution in [0.5, 0.6) is 0 Å². The maximum Gasteiger partial charge on any atom is 0.261 e. The molecule has 2 aliphatic heterocycles. The number of carbonyl (C=O) groups excluding carboxylic acids is 2. The number of amides is 2. The molecule has 5 heteroatoms. The van der Waals surface area contributed by atoms with Crippen LogP contribution in [0.3, 0.4) is 0 Å². The van der Waals surface area contributed by atoms with Gasteiger partial charge in [0.2, 0.25) is 0 Å². The van der Waals surface area contributed by atoms with Gasteiger partial charge in [0, 0.05) is 54.7 Å². The number of carbonyl (C=O) groups is 2. The molecular formula is C23H29N3O2.